The molecule has 0 fully saturated rings. The van der Waals surface area contributed by atoms with Crippen LogP contribution >= 0.6 is 23.2 Å². The van der Waals surface area contributed by atoms with Crippen molar-refractivity contribution in [3.63, 3.8) is 0 Å². The molecule has 0 spiro atoms. The van der Waals surface area contributed by atoms with Crippen molar-refractivity contribution in [2.45, 2.75) is 11.2 Å². The predicted octanol–water partition coefficient (Wildman–Crippen LogP) is 3.81. The Morgan fingerprint density at radius 3 is 2.31 bits per heavy atom. The molecule has 16 heavy (non-hydrogen) atoms. The highest BCUT2D eigenvalue weighted by molar-refractivity contribution is 6.44. The van der Waals surface area contributed by atoms with E-state index in [1.807, 2.05) is 0 Å². The number of para-hydroxylation sites is 1. The molecule has 0 amide bonds. The molecule has 1 N–H and O–H groups in total. The number of hydrogen-bond acceptors (Lipinski definition) is 3. The maximum Gasteiger partial charge on any atom is 0.545 e. The van der Waals surface area contributed by atoms with E-state index in [4.69, 9.17) is 28.4 Å². The Balaban J connectivity index is 2.95. The van der Waals surface area contributed by atoms with Gasteiger partial charge in [-0.2, -0.15) is 0 Å². The van der Waals surface area contributed by atoms with Gasteiger partial charge < -0.3 is 0 Å². The molecule has 0 aliphatic rings. The normalized spacial score (nSPS) is 11.9. The second-order valence-corrected chi connectivity index (χ2v) is 3.77. The molecular weight excluding hydrogens is 270 g/mol. The Labute approximate surface area is 98.8 Å². The minimum atomic E-state index is -5.00. The third-order valence-corrected chi connectivity index (χ3v) is 2.04. The minimum absolute atomic E-state index is 0.0950. The number of alkyl halides is 5. The quantitative estimate of drug-likeness (QED) is 0.673. The SMILES string of the molecule is ON(OC(F)(F)F)c1ccccc1C(Cl)Cl. The first-order valence-electron chi connectivity index (χ1n) is 3.93. The van der Waals surface area contributed by atoms with E-state index < -0.39 is 16.4 Å². The molecule has 0 saturated carbocycles. The topological polar surface area (TPSA) is 32.7 Å². The van der Waals surface area contributed by atoms with Crippen molar-refractivity contribution in [1.29, 1.82) is 0 Å². The van der Waals surface area contributed by atoms with Gasteiger partial charge in [-0.3, -0.25) is 5.21 Å². The summed E-state index contributed by atoms with van der Waals surface area (Å²) in [6.07, 6.45) is -5.00. The van der Waals surface area contributed by atoms with Crippen LogP contribution in [0.1, 0.15) is 10.4 Å². The molecule has 0 aromatic heterocycles. The van der Waals surface area contributed by atoms with Gasteiger partial charge in [-0.25, -0.2) is 0 Å². The molecule has 1 aromatic rings. The fraction of sp³-hybridized carbons (Fsp3) is 0.250. The molecular formula is C8H6Cl2F3NO2. The zero-order valence-electron chi connectivity index (χ0n) is 7.58. The van der Waals surface area contributed by atoms with Crippen LogP contribution in [0.15, 0.2) is 24.3 Å². The highest BCUT2D eigenvalue weighted by Gasteiger charge is 2.34. The average molecular weight is 276 g/mol. The van der Waals surface area contributed by atoms with Crippen molar-refractivity contribution in [3.8, 4) is 0 Å². The van der Waals surface area contributed by atoms with E-state index in [0.29, 0.717) is 0 Å². The van der Waals surface area contributed by atoms with Gasteiger partial charge in [0.25, 0.3) is 0 Å². The average Bonchev–Trinajstić information content (AvgIpc) is 2.15. The number of benzene rings is 1. The standard InChI is InChI=1S/C8H6Cl2F3NO2/c9-7(10)5-3-1-2-4-6(5)14(15)16-8(11,12)13/h1-4,7,15H. The Morgan fingerprint density at radius 2 is 1.81 bits per heavy atom. The number of hydrogen-bond donors (Lipinski definition) is 1. The summed E-state index contributed by atoms with van der Waals surface area (Å²) in [7, 11) is 0. The Morgan fingerprint density at radius 1 is 1.25 bits per heavy atom. The van der Waals surface area contributed by atoms with E-state index in [-0.39, 0.29) is 11.3 Å². The van der Waals surface area contributed by atoms with Crippen molar-refractivity contribution in [2.75, 3.05) is 5.23 Å². The van der Waals surface area contributed by atoms with Gasteiger partial charge >= 0.3 is 6.36 Å². The fourth-order valence-corrected chi connectivity index (χ4v) is 1.36. The summed E-state index contributed by atoms with van der Waals surface area (Å²) >= 11 is 11.0. The highest BCUT2D eigenvalue weighted by atomic mass is 35.5. The van der Waals surface area contributed by atoms with Gasteiger partial charge in [0.05, 0.1) is 0 Å². The first kappa shape index (κ1) is 13.4. The van der Waals surface area contributed by atoms with Crippen molar-refractivity contribution in [1.82, 2.24) is 0 Å². The van der Waals surface area contributed by atoms with Crippen LogP contribution in [0.2, 0.25) is 0 Å². The van der Waals surface area contributed by atoms with Crippen molar-refractivity contribution in [2.24, 2.45) is 0 Å². The highest BCUT2D eigenvalue weighted by Crippen LogP contribution is 2.34. The molecule has 1 rings (SSSR count). The Hall–Kier alpha value is -0.690. The zero-order valence-corrected chi connectivity index (χ0v) is 9.09. The first-order chi connectivity index (χ1) is 7.31. The minimum Gasteiger partial charge on any atom is -0.263 e. The summed E-state index contributed by atoms with van der Waals surface area (Å²) in [5.74, 6) is 0. The van der Waals surface area contributed by atoms with Crippen LogP contribution in [-0.4, -0.2) is 11.6 Å². The molecule has 90 valence electrons. The molecule has 0 aliphatic heterocycles. The van der Waals surface area contributed by atoms with Gasteiger partial charge in [0, 0.05) is 5.56 Å². The maximum atomic E-state index is 11.8. The molecule has 0 unspecified atom stereocenters. The zero-order chi connectivity index (χ0) is 12.3. The van der Waals surface area contributed by atoms with Crippen molar-refractivity contribution >= 4 is 28.9 Å². The third kappa shape index (κ3) is 3.71. The largest absolute Gasteiger partial charge is 0.545 e. The smallest absolute Gasteiger partial charge is 0.263 e. The van der Waals surface area contributed by atoms with Crippen LogP contribution in [-0.2, 0) is 4.84 Å². The van der Waals surface area contributed by atoms with E-state index in [1.54, 1.807) is 0 Å². The summed E-state index contributed by atoms with van der Waals surface area (Å²) in [5, 5.41) is 8.64. The van der Waals surface area contributed by atoms with E-state index in [2.05, 4.69) is 4.84 Å². The van der Waals surface area contributed by atoms with Crippen LogP contribution in [0, 0.1) is 0 Å². The van der Waals surface area contributed by atoms with Crippen LogP contribution in [0.5, 0.6) is 0 Å². The van der Waals surface area contributed by atoms with Gasteiger partial charge in [0.2, 0.25) is 0 Å². The lowest BCUT2D eigenvalue weighted by Crippen LogP contribution is -2.29. The summed E-state index contributed by atoms with van der Waals surface area (Å²) in [6.45, 7) is 0. The van der Waals surface area contributed by atoms with E-state index in [1.165, 1.54) is 24.3 Å². The molecule has 0 heterocycles. The lowest BCUT2D eigenvalue weighted by atomic mass is 10.2. The summed E-state index contributed by atoms with van der Waals surface area (Å²) in [5.41, 5.74) is -0.188. The van der Waals surface area contributed by atoms with Gasteiger partial charge in [-0.1, -0.05) is 41.4 Å². The summed E-state index contributed by atoms with van der Waals surface area (Å²) in [6, 6.07) is 5.46. The number of anilines is 1. The number of rotatable bonds is 3. The van der Waals surface area contributed by atoms with Crippen molar-refractivity contribution in [3.05, 3.63) is 29.8 Å². The van der Waals surface area contributed by atoms with Gasteiger partial charge in [0.1, 0.15) is 10.5 Å². The van der Waals surface area contributed by atoms with Crippen LogP contribution in [0.3, 0.4) is 0 Å². The lowest BCUT2D eigenvalue weighted by Gasteiger charge is -2.20. The van der Waals surface area contributed by atoms with Crippen molar-refractivity contribution < 1.29 is 23.2 Å². The predicted molar refractivity (Wildman–Crippen MR) is 52.3 cm³/mol. The van der Waals surface area contributed by atoms with Gasteiger partial charge in [0.15, 0.2) is 0 Å². The molecule has 8 heteroatoms. The number of halogens is 5. The third-order valence-electron chi connectivity index (χ3n) is 1.57. The van der Waals surface area contributed by atoms with Crippen LogP contribution < -0.4 is 5.23 Å². The second kappa shape index (κ2) is 5.09. The molecule has 0 bridgehead atoms. The maximum absolute atomic E-state index is 11.8. The van der Waals surface area contributed by atoms with Crippen LogP contribution in [0.25, 0.3) is 0 Å². The Kier molecular flexibility index (Phi) is 4.26. The monoisotopic (exact) mass is 275 g/mol. The molecule has 0 atom stereocenters. The number of nitrogens with zero attached hydrogens (tertiary/aromatic N) is 1. The molecule has 1 aromatic carbocycles. The molecule has 3 nitrogen and oxygen atoms in total. The summed E-state index contributed by atoms with van der Waals surface area (Å²) < 4.78 is 35.5. The molecule has 0 aliphatic carbocycles. The van der Waals surface area contributed by atoms with Gasteiger partial charge in [-0.15, -0.1) is 23.2 Å². The van der Waals surface area contributed by atoms with E-state index in [9.17, 15) is 13.2 Å². The second-order valence-electron chi connectivity index (χ2n) is 2.67. The van der Waals surface area contributed by atoms with Crippen LogP contribution in [0.4, 0.5) is 18.9 Å². The fourth-order valence-electron chi connectivity index (χ4n) is 0.993. The molecule has 0 saturated heterocycles. The lowest BCUT2D eigenvalue weighted by molar-refractivity contribution is -0.355. The van der Waals surface area contributed by atoms with E-state index >= 15 is 0 Å². The van der Waals surface area contributed by atoms with Gasteiger partial charge in [-0.05, 0) is 6.07 Å². The summed E-state index contributed by atoms with van der Waals surface area (Å²) in [4.78, 5) is 2.21. The van der Waals surface area contributed by atoms with E-state index in [0.717, 1.165) is 0 Å². The molecule has 0 radical (unpaired) electrons. The first-order valence-corrected chi connectivity index (χ1v) is 4.80. The Bertz CT molecular complexity index is 359.